The molecular weight excluding hydrogens is 599 g/mol. The number of ether oxygens (including phenoxy) is 1. The van der Waals surface area contributed by atoms with Gasteiger partial charge in [0.25, 0.3) is 0 Å². The molecular formula is C28H36Cl2N8O3S. The minimum atomic E-state index is -3.49. The average Bonchev–Trinajstić information content (AvgIpc) is 2.96. The molecule has 2 aliphatic heterocycles. The van der Waals surface area contributed by atoms with Gasteiger partial charge in [-0.25, -0.2) is 13.4 Å². The Morgan fingerprint density at radius 2 is 1.62 bits per heavy atom. The molecule has 0 spiro atoms. The van der Waals surface area contributed by atoms with Crippen LogP contribution in [0.4, 0.5) is 34.5 Å². The Bertz CT molecular complexity index is 1510. The lowest BCUT2D eigenvalue weighted by molar-refractivity contribution is 0.0982. The minimum absolute atomic E-state index is 0.255. The molecule has 0 bridgehead atoms. The van der Waals surface area contributed by atoms with E-state index in [1.807, 2.05) is 12.1 Å². The van der Waals surface area contributed by atoms with Gasteiger partial charge in [-0.1, -0.05) is 35.3 Å². The number of para-hydroxylation sites is 2. The maximum atomic E-state index is 11.8. The zero-order valence-electron chi connectivity index (χ0n) is 23.9. The minimum Gasteiger partial charge on any atom is -0.494 e. The molecule has 11 nitrogen and oxygen atoms in total. The summed E-state index contributed by atoms with van der Waals surface area (Å²) in [7, 11) is 0.309. The lowest BCUT2D eigenvalue weighted by Crippen LogP contribution is -2.52. The monoisotopic (exact) mass is 634 g/mol. The van der Waals surface area contributed by atoms with E-state index in [1.165, 1.54) is 6.20 Å². The van der Waals surface area contributed by atoms with Crippen molar-refractivity contribution in [1.29, 1.82) is 0 Å². The predicted molar refractivity (Wildman–Crippen MR) is 171 cm³/mol. The number of benzene rings is 2. The predicted octanol–water partition coefficient (Wildman–Crippen LogP) is 4.87. The highest BCUT2D eigenvalue weighted by Gasteiger charge is 2.28. The summed E-state index contributed by atoms with van der Waals surface area (Å²) in [5.74, 6) is 1.15. The normalized spacial score (nSPS) is 17.2. The smallest absolute Gasteiger partial charge is 0.229 e. The van der Waals surface area contributed by atoms with E-state index in [2.05, 4.69) is 47.1 Å². The van der Waals surface area contributed by atoms with Crippen molar-refractivity contribution in [2.24, 2.45) is 0 Å². The third-order valence-corrected chi connectivity index (χ3v) is 8.76. The van der Waals surface area contributed by atoms with Crippen molar-refractivity contribution in [3.05, 3.63) is 52.6 Å². The Kier molecular flexibility index (Phi) is 9.48. The average molecular weight is 636 g/mol. The Morgan fingerprint density at radius 1 is 0.929 bits per heavy atom. The van der Waals surface area contributed by atoms with Gasteiger partial charge in [-0.3, -0.25) is 9.62 Å². The molecule has 3 heterocycles. The highest BCUT2D eigenvalue weighted by Crippen LogP contribution is 2.39. The van der Waals surface area contributed by atoms with Gasteiger partial charge in [0.15, 0.2) is 5.82 Å². The van der Waals surface area contributed by atoms with Crippen molar-refractivity contribution in [1.82, 2.24) is 19.8 Å². The first kappa shape index (κ1) is 30.4. The second-order valence-corrected chi connectivity index (χ2v) is 13.2. The number of piperidine rings is 1. The van der Waals surface area contributed by atoms with E-state index in [0.717, 1.165) is 64.1 Å². The third kappa shape index (κ3) is 7.48. The molecule has 0 atom stereocenters. The Morgan fingerprint density at radius 3 is 2.29 bits per heavy atom. The van der Waals surface area contributed by atoms with E-state index in [9.17, 15) is 8.42 Å². The van der Waals surface area contributed by atoms with Crippen LogP contribution in [0.25, 0.3) is 0 Å². The largest absolute Gasteiger partial charge is 0.494 e. The Balaban J connectivity index is 1.30. The molecule has 2 saturated heterocycles. The summed E-state index contributed by atoms with van der Waals surface area (Å²) in [4.78, 5) is 16.2. The molecule has 0 amide bonds. The van der Waals surface area contributed by atoms with Gasteiger partial charge in [-0.05, 0) is 38.1 Å². The van der Waals surface area contributed by atoms with Gasteiger partial charge in [-0.2, -0.15) is 4.98 Å². The molecule has 2 fully saturated rings. The number of methoxy groups -OCH3 is 1. The Labute approximate surface area is 257 Å². The van der Waals surface area contributed by atoms with Gasteiger partial charge in [-0.15, -0.1) is 0 Å². The fourth-order valence-corrected chi connectivity index (χ4v) is 6.35. The molecule has 3 aromatic rings. The van der Waals surface area contributed by atoms with Crippen LogP contribution in [0.5, 0.6) is 5.75 Å². The van der Waals surface area contributed by atoms with Crippen LogP contribution in [0.3, 0.4) is 0 Å². The van der Waals surface area contributed by atoms with Crippen LogP contribution in [0.2, 0.25) is 10.0 Å². The number of anilines is 6. The van der Waals surface area contributed by atoms with Gasteiger partial charge in [0.1, 0.15) is 10.8 Å². The molecule has 42 heavy (non-hydrogen) atoms. The van der Waals surface area contributed by atoms with E-state index in [1.54, 1.807) is 31.4 Å². The van der Waals surface area contributed by atoms with Crippen LogP contribution in [0.1, 0.15) is 12.8 Å². The Hall–Kier alpha value is -3.03. The zero-order valence-corrected chi connectivity index (χ0v) is 26.2. The van der Waals surface area contributed by atoms with E-state index in [0.29, 0.717) is 39.7 Å². The fourth-order valence-electron chi connectivity index (χ4n) is 5.35. The van der Waals surface area contributed by atoms with Gasteiger partial charge in [0.2, 0.25) is 16.0 Å². The first-order valence-corrected chi connectivity index (χ1v) is 16.4. The zero-order chi connectivity index (χ0) is 29.9. The van der Waals surface area contributed by atoms with Crippen LogP contribution < -0.4 is 25.0 Å². The van der Waals surface area contributed by atoms with Gasteiger partial charge >= 0.3 is 0 Å². The highest BCUT2D eigenvalue weighted by molar-refractivity contribution is 7.92. The van der Waals surface area contributed by atoms with Crippen molar-refractivity contribution in [2.45, 2.75) is 18.9 Å². The van der Waals surface area contributed by atoms with Crippen molar-refractivity contribution in [2.75, 3.05) is 79.9 Å². The van der Waals surface area contributed by atoms with Crippen LogP contribution in [0, 0.1) is 0 Å². The molecule has 0 aliphatic carbocycles. The van der Waals surface area contributed by atoms with E-state index >= 15 is 0 Å². The number of aromatic nitrogens is 2. The van der Waals surface area contributed by atoms with Crippen molar-refractivity contribution in [3.63, 3.8) is 0 Å². The second-order valence-electron chi connectivity index (χ2n) is 10.6. The summed E-state index contributed by atoms with van der Waals surface area (Å²) in [6.45, 7) is 6.37. The topological polar surface area (TPSA) is 115 Å². The van der Waals surface area contributed by atoms with Gasteiger partial charge in [0, 0.05) is 51.4 Å². The first-order chi connectivity index (χ1) is 20.1. The van der Waals surface area contributed by atoms with Crippen LogP contribution in [-0.4, -0.2) is 93.9 Å². The second kappa shape index (κ2) is 13.1. The van der Waals surface area contributed by atoms with Gasteiger partial charge in [0.05, 0.1) is 47.3 Å². The van der Waals surface area contributed by atoms with Crippen molar-refractivity contribution < 1.29 is 13.2 Å². The van der Waals surface area contributed by atoms with E-state index in [4.69, 9.17) is 27.9 Å². The molecule has 0 saturated carbocycles. The number of nitrogens with one attached hydrogen (secondary N) is 3. The maximum Gasteiger partial charge on any atom is 0.229 e. The molecule has 14 heteroatoms. The van der Waals surface area contributed by atoms with Gasteiger partial charge < -0.3 is 25.2 Å². The number of sulfonamides is 1. The van der Waals surface area contributed by atoms with E-state index < -0.39 is 10.0 Å². The fraction of sp³-hybridized carbons (Fsp3) is 0.429. The van der Waals surface area contributed by atoms with Crippen molar-refractivity contribution >= 4 is 67.7 Å². The number of hydrogen-bond donors (Lipinski definition) is 3. The summed E-state index contributed by atoms with van der Waals surface area (Å²) in [6, 6.07) is 11.2. The summed E-state index contributed by atoms with van der Waals surface area (Å²) >= 11 is 13.2. The number of nitrogens with zero attached hydrogens (tertiary/aromatic N) is 5. The van der Waals surface area contributed by atoms with Crippen LogP contribution >= 0.6 is 23.2 Å². The van der Waals surface area contributed by atoms with E-state index in [-0.39, 0.29) is 11.0 Å². The summed E-state index contributed by atoms with van der Waals surface area (Å²) in [5.41, 5.74) is 2.38. The highest BCUT2D eigenvalue weighted by atomic mass is 35.5. The van der Waals surface area contributed by atoms with Crippen molar-refractivity contribution in [3.8, 4) is 5.75 Å². The SMILES string of the molecule is COc1cc(N2CCC(N3CCN(C)CC3)CC2)c(Cl)cc1Nc1ncc(Cl)c(Nc2ccccc2NS(C)(=O)=O)n1. The summed E-state index contributed by atoms with van der Waals surface area (Å²) in [6.07, 6.45) is 4.74. The molecule has 0 unspecified atom stereocenters. The summed E-state index contributed by atoms with van der Waals surface area (Å²) in [5, 5.41) is 7.14. The number of likely N-dealkylation sites (N-methyl/N-ethyl adjacent to an activating group) is 1. The number of piperazine rings is 1. The molecule has 2 aliphatic rings. The third-order valence-electron chi connectivity index (χ3n) is 7.59. The standard InChI is InChI=1S/C28H36Cl2N8O3S/c1-36-12-14-37(15-13-36)19-8-10-38(11-9-19)25-17-26(41-2)24(16-20(25)29)33-28-31-18-21(30)27(34-28)32-22-6-4-5-7-23(22)35-42(3,39)40/h4-7,16-19,35H,8-15H2,1-3H3,(H2,31,32,33,34). The number of rotatable bonds is 9. The molecule has 226 valence electrons. The molecule has 1 aromatic heterocycles. The number of hydrogen-bond acceptors (Lipinski definition) is 10. The molecule has 0 radical (unpaired) electrons. The lowest BCUT2D eigenvalue weighted by Gasteiger charge is -2.42. The molecule has 3 N–H and O–H groups in total. The summed E-state index contributed by atoms with van der Waals surface area (Å²) < 4.78 is 31.8. The molecule has 5 rings (SSSR count). The quantitative estimate of drug-likeness (QED) is 0.301. The first-order valence-electron chi connectivity index (χ1n) is 13.8. The lowest BCUT2D eigenvalue weighted by atomic mass is 10.0. The van der Waals surface area contributed by atoms with Crippen LogP contribution in [0.15, 0.2) is 42.6 Å². The number of halogens is 2. The van der Waals surface area contributed by atoms with Crippen LogP contribution in [-0.2, 0) is 10.0 Å². The molecule has 2 aromatic carbocycles. The maximum absolute atomic E-state index is 11.8.